The summed E-state index contributed by atoms with van der Waals surface area (Å²) in [4.78, 5) is 42.8. The van der Waals surface area contributed by atoms with Gasteiger partial charge < -0.3 is 19.7 Å². The van der Waals surface area contributed by atoms with Crippen molar-refractivity contribution in [2.75, 3.05) is 13.2 Å². The van der Waals surface area contributed by atoms with E-state index in [0.29, 0.717) is 0 Å². The highest BCUT2D eigenvalue weighted by Gasteiger charge is 2.44. The van der Waals surface area contributed by atoms with Gasteiger partial charge in [-0.1, -0.05) is 0 Å². The SMILES string of the molecule is O=COCC1CC(C(=O)O)C(C(=O)O)CC1COC=O. The first kappa shape index (κ1) is 15.9. The molecule has 8 nitrogen and oxygen atoms in total. The van der Waals surface area contributed by atoms with Gasteiger partial charge in [-0.3, -0.25) is 19.2 Å². The standard InChI is InChI=1S/C12H16O8/c13-5-19-3-7-1-9(11(15)16)10(12(17)18)2-8(7)4-20-6-14/h5-10H,1-4H2,(H,15,16)(H,17,18). The molecule has 0 saturated heterocycles. The summed E-state index contributed by atoms with van der Waals surface area (Å²) in [5, 5.41) is 18.2. The molecule has 0 aromatic carbocycles. The van der Waals surface area contributed by atoms with Gasteiger partial charge in [-0.2, -0.15) is 0 Å². The highest BCUT2D eigenvalue weighted by molar-refractivity contribution is 5.80. The van der Waals surface area contributed by atoms with E-state index in [2.05, 4.69) is 9.47 Å². The first-order valence-electron chi connectivity index (χ1n) is 6.07. The van der Waals surface area contributed by atoms with Crippen LogP contribution >= 0.6 is 0 Å². The van der Waals surface area contributed by atoms with E-state index < -0.39 is 23.8 Å². The van der Waals surface area contributed by atoms with Gasteiger partial charge in [0.2, 0.25) is 0 Å². The Labute approximate surface area is 114 Å². The Hall–Kier alpha value is -2.12. The van der Waals surface area contributed by atoms with E-state index in [-0.39, 0.29) is 50.8 Å². The summed E-state index contributed by atoms with van der Waals surface area (Å²) in [6.07, 6.45) is 0.125. The van der Waals surface area contributed by atoms with E-state index in [1.807, 2.05) is 0 Å². The van der Waals surface area contributed by atoms with Crippen LogP contribution in [0.25, 0.3) is 0 Å². The predicted molar refractivity (Wildman–Crippen MR) is 62.5 cm³/mol. The van der Waals surface area contributed by atoms with Crippen LogP contribution in [0.15, 0.2) is 0 Å². The van der Waals surface area contributed by atoms with Crippen molar-refractivity contribution in [1.29, 1.82) is 0 Å². The van der Waals surface area contributed by atoms with Gasteiger partial charge in [0, 0.05) is 11.8 Å². The Bertz CT molecular complexity index is 344. The topological polar surface area (TPSA) is 127 Å². The molecule has 1 aliphatic carbocycles. The third-order valence-corrected chi connectivity index (χ3v) is 3.66. The largest absolute Gasteiger partial charge is 0.481 e. The molecule has 1 aliphatic rings. The van der Waals surface area contributed by atoms with Crippen molar-refractivity contribution in [3.8, 4) is 0 Å². The minimum Gasteiger partial charge on any atom is -0.481 e. The summed E-state index contributed by atoms with van der Waals surface area (Å²) in [6.45, 7) is 0.451. The van der Waals surface area contributed by atoms with Crippen LogP contribution in [-0.4, -0.2) is 48.3 Å². The number of hydrogen-bond donors (Lipinski definition) is 2. The lowest BCUT2D eigenvalue weighted by atomic mass is 9.68. The molecule has 0 aromatic heterocycles. The quantitative estimate of drug-likeness (QED) is 0.586. The molecule has 0 heterocycles. The summed E-state index contributed by atoms with van der Waals surface area (Å²) in [7, 11) is 0. The van der Waals surface area contributed by atoms with Gasteiger partial charge in [-0.15, -0.1) is 0 Å². The molecule has 0 spiro atoms. The molecule has 1 saturated carbocycles. The molecule has 0 amide bonds. The molecule has 1 fully saturated rings. The normalized spacial score (nSPS) is 29.2. The Morgan fingerprint density at radius 3 is 1.50 bits per heavy atom. The second-order valence-electron chi connectivity index (χ2n) is 4.74. The lowest BCUT2D eigenvalue weighted by molar-refractivity contribution is -0.160. The lowest BCUT2D eigenvalue weighted by Gasteiger charge is -2.37. The van der Waals surface area contributed by atoms with E-state index in [4.69, 9.17) is 10.2 Å². The Morgan fingerprint density at radius 2 is 1.25 bits per heavy atom. The zero-order chi connectivity index (χ0) is 15.1. The Kier molecular flexibility index (Phi) is 5.95. The molecule has 20 heavy (non-hydrogen) atoms. The van der Waals surface area contributed by atoms with Crippen LogP contribution in [0.5, 0.6) is 0 Å². The van der Waals surface area contributed by atoms with Gasteiger partial charge in [-0.25, -0.2) is 0 Å². The van der Waals surface area contributed by atoms with Crippen molar-refractivity contribution in [1.82, 2.24) is 0 Å². The smallest absolute Gasteiger partial charge is 0.307 e. The average Bonchev–Trinajstić information content (AvgIpc) is 2.42. The van der Waals surface area contributed by atoms with Crippen LogP contribution in [0.4, 0.5) is 0 Å². The zero-order valence-corrected chi connectivity index (χ0v) is 10.6. The zero-order valence-electron chi connectivity index (χ0n) is 10.6. The van der Waals surface area contributed by atoms with E-state index in [0.717, 1.165) is 0 Å². The fraction of sp³-hybridized carbons (Fsp3) is 0.667. The molecule has 0 aromatic rings. The first-order valence-corrected chi connectivity index (χ1v) is 6.07. The molecule has 0 bridgehead atoms. The van der Waals surface area contributed by atoms with E-state index in [1.54, 1.807) is 0 Å². The van der Waals surface area contributed by atoms with E-state index in [9.17, 15) is 19.2 Å². The average molecular weight is 288 g/mol. The van der Waals surface area contributed by atoms with Gasteiger partial charge >= 0.3 is 11.9 Å². The van der Waals surface area contributed by atoms with Crippen molar-refractivity contribution in [3.63, 3.8) is 0 Å². The van der Waals surface area contributed by atoms with Gasteiger partial charge in [0.25, 0.3) is 12.9 Å². The molecule has 4 atom stereocenters. The molecule has 112 valence electrons. The van der Waals surface area contributed by atoms with E-state index >= 15 is 0 Å². The molecular formula is C12H16O8. The van der Waals surface area contributed by atoms with Gasteiger partial charge in [0.1, 0.15) is 0 Å². The van der Waals surface area contributed by atoms with Crippen molar-refractivity contribution in [2.24, 2.45) is 23.7 Å². The van der Waals surface area contributed by atoms with Gasteiger partial charge in [-0.05, 0) is 12.8 Å². The number of carboxylic acid groups (broad SMARTS) is 2. The third kappa shape index (κ3) is 3.94. The predicted octanol–water partition coefficient (Wildman–Crippen LogP) is -0.240. The maximum absolute atomic E-state index is 11.1. The highest BCUT2D eigenvalue weighted by Crippen LogP contribution is 2.38. The summed E-state index contributed by atoms with van der Waals surface area (Å²) >= 11 is 0. The maximum atomic E-state index is 11.1. The highest BCUT2D eigenvalue weighted by atomic mass is 16.5. The molecular weight excluding hydrogens is 272 g/mol. The van der Waals surface area contributed by atoms with Crippen molar-refractivity contribution in [2.45, 2.75) is 12.8 Å². The van der Waals surface area contributed by atoms with Crippen molar-refractivity contribution in [3.05, 3.63) is 0 Å². The minimum atomic E-state index is -1.19. The number of carbonyl (C=O) groups excluding carboxylic acids is 2. The van der Waals surface area contributed by atoms with Crippen LogP contribution < -0.4 is 0 Å². The number of carbonyl (C=O) groups is 4. The van der Waals surface area contributed by atoms with Crippen LogP contribution in [0, 0.1) is 23.7 Å². The fourth-order valence-corrected chi connectivity index (χ4v) is 2.65. The fourth-order valence-electron chi connectivity index (χ4n) is 2.65. The number of aliphatic carboxylic acids is 2. The summed E-state index contributed by atoms with van der Waals surface area (Å²) in [6, 6.07) is 0. The monoisotopic (exact) mass is 288 g/mol. The first-order chi connectivity index (χ1) is 9.51. The van der Waals surface area contributed by atoms with Crippen LogP contribution in [-0.2, 0) is 28.7 Å². The Balaban J connectivity index is 2.84. The minimum absolute atomic E-state index is 0.0213. The van der Waals surface area contributed by atoms with Crippen molar-refractivity contribution < 1.29 is 38.9 Å². The molecule has 2 N–H and O–H groups in total. The van der Waals surface area contributed by atoms with Crippen LogP contribution in [0.2, 0.25) is 0 Å². The molecule has 8 heteroatoms. The van der Waals surface area contributed by atoms with E-state index in [1.165, 1.54) is 0 Å². The number of ether oxygens (including phenoxy) is 2. The third-order valence-electron chi connectivity index (χ3n) is 3.66. The van der Waals surface area contributed by atoms with Crippen LogP contribution in [0.3, 0.4) is 0 Å². The molecule has 4 unspecified atom stereocenters. The van der Waals surface area contributed by atoms with Crippen LogP contribution in [0.1, 0.15) is 12.8 Å². The number of rotatable bonds is 8. The second-order valence-corrected chi connectivity index (χ2v) is 4.74. The number of hydrogen-bond acceptors (Lipinski definition) is 6. The molecule has 1 rings (SSSR count). The summed E-state index contributed by atoms with van der Waals surface area (Å²) in [5.41, 5.74) is 0. The van der Waals surface area contributed by atoms with Gasteiger partial charge in [0.15, 0.2) is 0 Å². The summed E-state index contributed by atoms with van der Waals surface area (Å²) < 4.78 is 9.28. The maximum Gasteiger partial charge on any atom is 0.307 e. The Morgan fingerprint density at radius 1 is 0.900 bits per heavy atom. The van der Waals surface area contributed by atoms with Gasteiger partial charge in [0.05, 0.1) is 25.0 Å². The molecule has 0 aliphatic heterocycles. The summed E-state index contributed by atoms with van der Waals surface area (Å²) in [5.74, 6) is -5.17. The number of carboxylic acids is 2. The second kappa shape index (κ2) is 7.46. The van der Waals surface area contributed by atoms with Crippen molar-refractivity contribution >= 4 is 24.9 Å². The molecule has 0 radical (unpaired) electrons. The lowest BCUT2D eigenvalue weighted by Crippen LogP contribution is -2.42.